The molecule has 1 unspecified atom stereocenters. The Balaban J connectivity index is 0.00000192. The number of carbonyl (C=O) groups is 1. The Morgan fingerprint density at radius 2 is 2.39 bits per heavy atom. The first-order valence-electron chi connectivity index (χ1n) is 7.17. The van der Waals surface area contributed by atoms with E-state index in [1.54, 1.807) is 11.7 Å². The average Bonchev–Trinajstić information content (AvgIpc) is 2.94. The highest BCUT2D eigenvalue weighted by Crippen LogP contribution is 2.19. The molecule has 1 aliphatic heterocycles. The lowest BCUT2D eigenvalue weighted by atomic mass is 10.1. The zero-order chi connectivity index (χ0) is 15.4. The molecule has 1 amide bonds. The number of nitrogens with zero attached hydrogens (tertiary/aromatic N) is 4. The predicted octanol–water partition coefficient (Wildman–Crippen LogP) is 0.616. The molecular formula is C14H19ClN6O2. The number of benzene rings is 1. The summed E-state index contributed by atoms with van der Waals surface area (Å²) < 4.78 is 7.12. The first-order chi connectivity index (χ1) is 10.7. The Morgan fingerprint density at radius 3 is 3.09 bits per heavy atom. The van der Waals surface area contributed by atoms with Crippen LogP contribution in [0.5, 0.6) is 0 Å². The summed E-state index contributed by atoms with van der Waals surface area (Å²) in [6.07, 6.45) is 0.266. The van der Waals surface area contributed by atoms with Crippen LogP contribution < -0.4 is 10.6 Å². The maximum Gasteiger partial charge on any atom is 0.227 e. The third-order valence-corrected chi connectivity index (χ3v) is 3.44. The van der Waals surface area contributed by atoms with Crippen LogP contribution in [0, 0.1) is 0 Å². The summed E-state index contributed by atoms with van der Waals surface area (Å²) in [5, 5.41) is 17.5. The van der Waals surface area contributed by atoms with Crippen molar-refractivity contribution in [2.75, 3.05) is 25.0 Å². The van der Waals surface area contributed by atoms with Crippen LogP contribution in [-0.4, -0.2) is 51.9 Å². The Labute approximate surface area is 140 Å². The van der Waals surface area contributed by atoms with Gasteiger partial charge in [-0.15, -0.1) is 17.5 Å². The fourth-order valence-electron chi connectivity index (χ4n) is 2.38. The van der Waals surface area contributed by atoms with Gasteiger partial charge in [0, 0.05) is 31.4 Å². The van der Waals surface area contributed by atoms with Crippen molar-refractivity contribution >= 4 is 24.0 Å². The van der Waals surface area contributed by atoms with Gasteiger partial charge < -0.3 is 15.4 Å². The minimum Gasteiger partial charge on any atom is -0.375 e. The van der Waals surface area contributed by atoms with Crippen molar-refractivity contribution in [2.45, 2.75) is 12.5 Å². The Kier molecular flexibility index (Phi) is 6.03. The van der Waals surface area contributed by atoms with E-state index >= 15 is 0 Å². The van der Waals surface area contributed by atoms with Crippen LogP contribution in [0.3, 0.4) is 0 Å². The van der Waals surface area contributed by atoms with Gasteiger partial charge in [-0.2, -0.15) is 0 Å². The number of anilines is 1. The minimum atomic E-state index is -0.0696. The maximum atomic E-state index is 12.1. The molecule has 9 heteroatoms. The first-order valence-corrected chi connectivity index (χ1v) is 7.17. The summed E-state index contributed by atoms with van der Waals surface area (Å²) in [6.45, 7) is 2.19. The van der Waals surface area contributed by atoms with Crippen molar-refractivity contribution in [1.29, 1.82) is 0 Å². The SMILES string of the molecule is Cl.Cn1nnnc1-c1cccc(NC(=O)CC2CNCCO2)c1. The number of amides is 1. The van der Waals surface area contributed by atoms with E-state index in [1.807, 2.05) is 24.3 Å². The number of tetrazole rings is 1. The fourth-order valence-corrected chi connectivity index (χ4v) is 2.38. The number of rotatable bonds is 4. The number of hydrogen-bond acceptors (Lipinski definition) is 6. The van der Waals surface area contributed by atoms with E-state index in [4.69, 9.17) is 4.74 Å². The quantitative estimate of drug-likeness (QED) is 0.848. The van der Waals surface area contributed by atoms with E-state index in [-0.39, 0.29) is 24.4 Å². The molecule has 0 spiro atoms. The van der Waals surface area contributed by atoms with Crippen molar-refractivity contribution in [2.24, 2.45) is 7.05 Å². The smallest absolute Gasteiger partial charge is 0.227 e. The number of carbonyl (C=O) groups excluding carboxylic acids is 1. The Bertz CT molecular complexity index is 656. The third-order valence-electron chi connectivity index (χ3n) is 3.44. The topological polar surface area (TPSA) is 94.0 Å². The monoisotopic (exact) mass is 338 g/mol. The second-order valence-corrected chi connectivity index (χ2v) is 5.16. The highest BCUT2D eigenvalue weighted by Gasteiger charge is 2.17. The van der Waals surface area contributed by atoms with Gasteiger partial charge in [0.25, 0.3) is 0 Å². The van der Waals surface area contributed by atoms with Crippen molar-refractivity contribution in [3.63, 3.8) is 0 Å². The highest BCUT2D eigenvalue weighted by molar-refractivity contribution is 5.91. The lowest BCUT2D eigenvalue weighted by Crippen LogP contribution is -2.40. The summed E-state index contributed by atoms with van der Waals surface area (Å²) >= 11 is 0. The summed E-state index contributed by atoms with van der Waals surface area (Å²) in [7, 11) is 1.77. The summed E-state index contributed by atoms with van der Waals surface area (Å²) in [4.78, 5) is 12.1. The second kappa shape index (κ2) is 8.00. The Hall–Kier alpha value is -2.03. The molecule has 1 aromatic carbocycles. The van der Waals surface area contributed by atoms with Crippen molar-refractivity contribution in [1.82, 2.24) is 25.5 Å². The van der Waals surface area contributed by atoms with E-state index < -0.39 is 0 Å². The van der Waals surface area contributed by atoms with Gasteiger partial charge in [0.05, 0.1) is 19.1 Å². The van der Waals surface area contributed by atoms with E-state index in [0.717, 1.165) is 12.1 Å². The van der Waals surface area contributed by atoms with Crippen molar-refractivity contribution in [3.8, 4) is 11.4 Å². The largest absolute Gasteiger partial charge is 0.375 e. The number of halogens is 1. The zero-order valence-corrected chi connectivity index (χ0v) is 13.5. The van der Waals surface area contributed by atoms with Crippen LogP contribution in [0.25, 0.3) is 11.4 Å². The second-order valence-electron chi connectivity index (χ2n) is 5.16. The molecule has 0 bridgehead atoms. The molecular weight excluding hydrogens is 320 g/mol. The molecule has 1 saturated heterocycles. The zero-order valence-electron chi connectivity index (χ0n) is 12.7. The fraction of sp³-hybridized carbons (Fsp3) is 0.429. The van der Waals surface area contributed by atoms with Crippen molar-refractivity contribution in [3.05, 3.63) is 24.3 Å². The molecule has 3 rings (SSSR count). The highest BCUT2D eigenvalue weighted by atomic mass is 35.5. The van der Waals surface area contributed by atoms with Gasteiger partial charge in [0.2, 0.25) is 5.91 Å². The van der Waals surface area contributed by atoms with Gasteiger partial charge in [-0.25, -0.2) is 4.68 Å². The Morgan fingerprint density at radius 1 is 1.52 bits per heavy atom. The van der Waals surface area contributed by atoms with E-state index in [9.17, 15) is 4.79 Å². The van der Waals surface area contributed by atoms with Crippen molar-refractivity contribution < 1.29 is 9.53 Å². The molecule has 23 heavy (non-hydrogen) atoms. The lowest BCUT2D eigenvalue weighted by Gasteiger charge is -2.23. The van der Waals surface area contributed by atoms with Crippen LogP contribution in [0.4, 0.5) is 5.69 Å². The third kappa shape index (κ3) is 4.47. The molecule has 2 N–H and O–H groups in total. The number of hydrogen-bond donors (Lipinski definition) is 2. The number of aromatic nitrogens is 4. The molecule has 1 atom stereocenters. The number of aryl methyl sites for hydroxylation is 1. The van der Waals surface area contributed by atoms with Gasteiger partial charge in [0.15, 0.2) is 5.82 Å². The molecule has 1 fully saturated rings. The molecule has 1 aliphatic rings. The van der Waals surface area contributed by atoms with Crippen LogP contribution in [0.2, 0.25) is 0 Å². The van der Waals surface area contributed by atoms with Gasteiger partial charge in [0.1, 0.15) is 0 Å². The molecule has 0 aliphatic carbocycles. The van der Waals surface area contributed by atoms with Gasteiger partial charge >= 0.3 is 0 Å². The van der Waals surface area contributed by atoms with Crippen LogP contribution >= 0.6 is 12.4 Å². The first kappa shape index (κ1) is 17.3. The van der Waals surface area contributed by atoms with E-state index in [0.29, 0.717) is 31.1 Å². The normalized spacial score (nSPS) is 17.3. The average molecular weight is 339 g/mol. The standard InChI is InChI=1S/C14H18N6O2.ClH/c1-20-14(17-18-19-20)10-3-2-4-11(7-10)16-13(21)8-12-9-15-5-6-22-12;/h2-4,7,12,15H,5-6,8-9H2,1H3,(H,16,21);1H. The number of nitrogens with one attached hydrogen (secondary N) is 2. The maximum absolute atomic E-state index is 12.1. The van der Waals surface area contributed by atoms with Crippen LogP contribution in [0.15, 0.2) is 24.3 Å². The molecule has 0 radical (unpaired) electrons. The number of ether oxygens (including phenoxy) is 1. The van der Waals surface area contributed by atoms with Crippen LogP contribution in [-0.2, 0) is 16.6 Å². The minimum absolute atomic E-state index is 0. The molecule has 1 aromatic heterocycles. The summed E-state index contributed by atoms with van der Waals surface area (Å²) in [5.41, 5.74) is 1.56. The molecule has 124 valence electrons. The van der Waals surface area contributed by atoms with Crippen LogP contribution in [0.1, 0.15) is 6.42 Å². The van der Waals surface area contributed by atoms with Gasteiger partial charge in [-0.05, 0) is 22.6 Å². The van der Waals surface area contributed by atoms with E-state index in [1.165, 1.54) is 0 Å². The molecule has 8 nitrogen and oxygen atoms in total. The summed E-state index contributed by atoms with van der Waals surface area (Å²) in [6, 6.07) is 7.45. The molecule has 2 aromatic rings. The predicted molar refractivity (Wildman–Crippen MR) is 87.3 cm³/mol. The number of morpholine rings is 1. The molecule has 2 heterocycles. The lowest BCUT2D eigenvalue weighted by molar-refractivity contribution is -0.119. The van der Waals surface area contributed by atoms with Gasteiger partial charge in [-0.1, -0.05) is 12.1 Å². The van der Waals surface area contributed by atoms with E-state index in [2.05, 4.69) is 26.2 Å². The summed E-state index contributed by atoms with van der Waals surface area (Å²) in [5.74, 6) is 0.581. The van der Waals surface area contributed by atoms with Gasteiger partial charge in [-0.3, -0.25) is 4.79 Å². The molecule has 0 saturated carbocycles.